The van der Waals surface area contributed by atoms with Crippen LogP contribution in [-0.2, 0) is 17.9 Å². The second kappa shape index (κ2) is 8.07. The van der Waals surface area contributed by atoms with Crippen LogP contribution >= 0.6 is 0 Å². The third-order valence-electron chi connectivity index (χ3n) is 4.13. The first kappa shape index (κ1) is 17.4. The Morgan fingerprint density at radius 3 is 2.92 bits per heavy atom. The number of carbonyl (C=O) groups is 1. The Hall–Kier alpha value is -2.47. The van der Waals surface area contributed by atoms with Crippen LogP contribution in [0.25, 0.3) is 0 Å². The van der Waals surface area contributed by atoms with E-state index >= 15 is 0 Å². The fourth-order valence-corrected chi connectivity index (χ4v) is 2.47. The van der Waals surface area contributed by atoms with Crippen LogP contribution in [0.3, 0.4) is 0 Å². The van der Waals surface area contributed by atoms with E-state index in [1.54, 1.807) is 25.6 Å². The van der Waals surface area contributed by atoms with Gasteiger partial charge in [-0.15, -0.1) is 0 Å². The van der Waals surface area contributed by atoms with Crippen LogP contribution in [0, 0.1) is 11.7 Å². The summed E-state index contributed by atoms with van der Waals surface area (Å²) in [5, 5.41) is 2.80. The standard InChI is InChI=1S/C19H21FN2O3/c1-24-18-6-7-21-9-16(18)10-22-19(23)14-4-5-17(20)15(8-14)12-25-11-13-2-3-13/h4-9,13H,2-3,10-12H2,1H3,(H,22,23). The molecule has 6 heteroatoms. The molecule has 1 amide bonds. The van der Waals surface area contributed by atoms with Crippen molar-refractivity contribution in [3.8, 4) is 5.75 Å². The Morgan fingerprint density at radius 2 is 2.16 bits per heavy atom. The van der Waals surface area contributed by atoms with Crippen LogP contribution in [0.1, 0.15) is 34.3 Å². The minimum absolute atomic E-state index is 0.180. The zero-order valence-corrected chi connectivity index (χ0v) is 14.1. The van der Waals surface area contributed by atoms with Gasteiger partial charge in [0.1, 0.15) is 11.6 Å². The van der Waals surface area contributed by atoms with E-state index in [9.17, 15) is 9.18 Å². The number of benzene rings is 1. The molecule has 0 saturated heterocycles. The van der Waals surface area contributed by atoms with Gasteiger partial charge in [0, 0.05) is 42.2 Å². The van der Waals surface area contributed by atoms with Gasteiger partial charge in [0.05, 0.1) is 13.7 Å². The minimum atomic E-state index is -0.360. The molecule has 0 spiro atoms. The SMILES string of the molecule is COc1ccncc1CNC(=O)c1ccc(F)c(COCC2CC2)c1. The van der Waals surface area contributed by atoms with Crippen molar-refractivity contribution in [1.82, 2.24) is 10.3 Å². The Balaban J connectivity index is 1.60. The van der Waals surface area contributed by atoms with E-state index in [4.69, 9.17) is 9.47 Å². The van der Waals surface area contributed by atoms with Gasteiger partial charge in [0.15, 0.2) is 0 Å². The zero-order valence-electron chi connectivity index (χ0n) is 14.1. The maximum atomic E-state index is 13.9. The number of carbonyl (C=O) groups excluding carboxylic acids is 1. The first-order valence-corrected chi connectivity index (χ1v) is 8.28. The molecule has 132 valence electrons. The molecule has 5 nitrogen and oxygen atoms in total. The van der Waals surface area contributed by atoms with E-state index in [2.05, 4.69) is 10.3 Å². The third kappa shape index (κ3) is 4.76. The van der Waals surface area contributed by atoms with Crippen LogP contribution < -0.4 is 10.1 Å². The van der Waals surface area contributed by atoms with Crippen LogP contribution in [0.2, 0.25) is 0 Å². The van der Waals surface area contributed by atoms with Gasteiger partial charge in [-0.25, -0.2) is 4.39 Å². The molecule has 2 aromatic rings. The van der Waals surface area contributed by atoms with Gasteiger partial charge in [-0.05, 0) is 43.0 Å². The molecule has 1 fully saturated rings. The van der Waals surface area contributed by atoms with Crippen LogP contribution in [-0.4, -0.2) is 24.6 Å². The molecule has 0 unspecified atom stereocenters. The molecule has 3 rings (SSSR count). The molecule has 1 aromatic carbocycles. The first-order chi connectivity index (χ1) is 12.2. The van der Waals surface area contributed by atoms with Gasteiger partial charge in [-0.2, -0.15) is 0 Å². The average molecular weight is 344 g/mol. The first-order valence-electron chi connectivity index (χ1n) is 8.28. The summed E-state index contributed by atoms with van der Waals surface area (Å²) < 4.78 is 24.6. The number of pyridine rings is 1. The van der Waals surface area contributed by atoms with Crippen LogP contribution in [0.5, 0.6) is 5.75 Å². The summed E-state index contributed by atoms with van der Waals surface area (Å²) in [4.78, 5) is 16.4. The summed E-state index contributed by atoms with van der Waals surface area (Å²) in [6.45, 7) is 1.11. The molecule has 0 atom stereocenters. The highest BCUT2D eigenvalue weighted by molar-refractivity contribution is 5.94. The fraction of sp³-hybridized carbons (Fsp3) is 0.368. The summed E-state index contributed by atoms with van der Waals surface area (Å²) in [5.74, 6) is 0.628. The van der Waals surface area contributed by atoms with Crippen molar-refractivity contribution >= 4 is 5.91 Å². The lowest BCUT2D eigenvalue weighted by molar-refractivity contribution is 0.0948. The molecule has 0 radical (unpaired) electrons. The highest BCUT2D eigenvalue weighted by Gasteiger charge is 2.21. The third-order valence-corrected chi connectivity index (χ3v) is 4.13. The molecule has 1 aliphatic carbocycles. The molecule has 0 bridgehead atoms. The summed E-state index contributed by atoms with van der Waals surface area (Å²) in [7, 11) is 1.56. The summed E-state index contributed by atoms with van der Waals surface area (Å²) >= 11 is 0. The number of aromatic nitrogens is 1. The van der Waals surface area contributed by atoms with Crippen molar-refractivity contribution in [3.05, 3.63) is 59.2 Å². The van der Waals surface area contributed by atoms with Crippen molar-refractivity contribution in [2.75, 3.05) is 13.7 Å². The minimum Gasteiger partial charge on any atom is -0.496 e. The average Bonchev–Trinajstić information content (AvgIpc) is 3.45. The quantitative estimate of drug-likeness (QED) is 0.799. The fourth-order valence-electron chi connectivity index (χ4n) is 2.47. The number of methoxy groups -OCH3 is 1. The molecular weight excluding hydrogens is 323 g/mol. The summed E-state index contributed by atoms with van der Waals surface area (Å²) in [5.41, 5.74) is 1.56. The number of rotatable bonds is 8. The number of amides is 1. The predicted octanol–water partition coefficient (Wildman–Crippen LogP) is 3.09. The topological polar surface area (TPSA) is 60.5 Å². The van der Waals surface area contributed by atoms with Crippen molar-refractivity contribution in [2.45, 2.75) is 26.0 Å². The Bertz CT molecular complexity index is 747. The monoisotopic (exact) mass is 344 g/mol. The number of nitrogens with zero attached hydrogens (tertiary/aromatic N) is 1. The van der Waals surface area contributed by atoms with Gasteiger partial charge in [-0.3, -0.25) is 9.78 Å². The van der Waals surface area contributed by atoms with Crippen molar-refractivity contribution in [3.63, 3.8) is 0 Å². The van der Waals surface area contributed by atoms with E-state index in [0.29, 0.717) is 29.4 Å². The predicted molar refractivity (Wildman–Crippen MR) is 90.7 cm³/mol. The second-order valence-corrected chi connectivity index (χ2v) is 6.13. The largest absolute Gasteiger partial charge is 0.496 e. The molecule has 1 heterocycles. The van der Waals surface area contributed by atoms with E-state index in [1.165, 1.54) is 31.0 Å². The smallest absolute Gasteiger partial charge is 0.251 e. The number of hydrogen-bond acceptors (Lipinski definition) is 4. The number of hydrogen-bond donors (Lipinski definition) is 1. The van der Waals surface area contributed by atoms with Gasteiger partial charge < -0.3 is 14.8 Å². The molecule has 1 N–H and O–H groups in total. The van der Waals surface area contributed by atoms with Crippen molar-refractivity contribution in [1.29, 1.82) is 0 Å². The highest BCUT2D eigenvalue weighted by Crippen LogP contribution is 2.29. The summed E-state index contributed by atoms with van der Waals surface area (Å²) in [6, 6.07) is 6.04. The molecule has 25 heavy (non-hydrogen) atoms. The summed E-state index contributed by atoms with van der Waals surface area (Å²) in [6.07, 6.45) is 5.63. The second-order valence-electron chi connectivity index (χ2n) is 6.13. The van der Waals surface area contributed by atoms with Crippen molar-refractivity contribution < 1.29 is 18.7 Å². The highest BCUT2D eigenvalue weighted by atomic mass is 19.1. The molecular formula is C19H21FN2O3. The van der Waals surface area contributed by atoms with E-state index < -0.39 is 0 Å². The molecule has 1 aromatic heterocycles. The van der Waals surface area contributed by atoms with Gasteiger partial charge in [-0.1, -0.05) is 0 Å². The Kier molecular flexibility index (Phi) is 5.60. The normalized spacial score (nSPS) is 13.5. The number of nitrogens with one attached hydrogen (secondary N) is 1. The zero-order chi connectivity index (χ0) is 17.6. The van der Waals surface area contributed by atoms with Gasteiger partial charge >= 0.3 is 0 Å². The molecule has 0 aliphatic heterocycles. The lowest BCUT2D eigenvalue weighted by Crippen LogP contribution is -2.23. The molecule has 1 saturated carbocycles. The maximum absolute atomic E-state index is 13.9. The van der Waals surface area contributed by atoms with E-state index in [1.807, 2.05) is 0 Å². The number of ether oxygens (including phenoxy) is 2. The Labute approximate surface area is 146 Å². The van der Waals surface area contributed by atoms with E-state index in [0.717, 1.165) is 5.56 Å². The van der Waals surface area contributed by atoms with Crippen LogP contribution in [0.4, 0.5) is 4.39 Å². The maximum Gasteiger partial charge on any atom is 0.251 e. The number of halogens is 1. The lowest BCUT2D eigenvalue weighted by Gasteiger charge is -2.10. The van der Waals surface area contributed by atoms with Crippen LogP contribution in [0.15, 0.2) is 36.7 Å². The van der Waals surface area contributed by atoms with Gasteiger partial charge in [0.25, 0.3) is 5.91 Å². The van der Waals surface area contributed by atoms with Gasteiger partial charge in [0.2, 0.25) is 0 Å². The van der Waals surface area contributed by atoms with E-state index in [-0.39, 0.29) is 24.9 Å². The molecule has 1 aliphatic rings. The van der Waals surface area contributed by atoms with Crippen molar-refractivity contribution in [2.24, 2.45) is 5.92 Å². The lowest BCUT2D eigenvalue weighted by atomic mass is 10.1. The Morgan fingerprint density at radius 1 is 1.32 bits per heavy atom.